The molecule has 18 aliphatic heterocycles. The Hall–Kier alpha value is -10.2. The van der Waals surface area contributed by atoms with Crippen LogP contribution in [0.3, 0.4) is 0 Å². The number of nitrogens with zero attached hydrogens (tertiary/aromatic N) is 12. The van der Waals surface area contributed by atoms with E-state index < -0.39 is 17.7 Å². The topological polar surface area (TPSA) is 47.6 Å². The van der Waals surface area contributed by atoms with E-state index in [-0.39, 0.29) is 0 Å². The van der Waals surface area contributed by atoms with Gasteiger partial charge in [-0.05, 0) is 112 Å². The predicted octanol–water partition coefficient (Wildman–Crippen LogP) is 3.09. The van der Waals surface area contributed by atoms with Crippen molar-refractivity contribution in [1.29, 1.82) is 0 Å². The predicted molar refractivity (Wildman–Crippen MR) is 297 cm³/mol. The first-order chi connectivity index (χ1) is 38.3. The van der Waals surface area contributed by atoms with Crippen LogP contribution in [0.25, 0.3) is 54.7 Å². The SMILES string of the molecule is CC1=C2C=CC3=[N+]2C24n5c(ccc5C=c5ccc(n52)=C3)C=C2C=CC1=[N+]24.CC1=C2C=CC3=[N+]2C24n5c(ccc5C=c5ccc(n52)=C3)C=C2C=CC1=[N+]24.CC1=C2C=CC3=[N+]2C24n5c(ccc5C=c5ccc(n52)=C3)C=C2C=CC1=[N+]24. The smallest absolute Gasteiger partial charge is 0.199 e. The molecule has 78 heavy (non-hydrogen) atoms. The van der Waals surface area contributed by atoms with Crippen LogP contribution in [-0.2, 0) is 17.7 Å². The zero-order valence-electron chi connectivity index (χ0n) is 42.4. The highest BCUT2D eigenvalue weighted by atomic mass is 15.6. The summed E-state index contributed by atoms with van der Waals surface area (Å²) in [6, 6.07) is 26.9. The molecule has 0 fully saturated rings. The van der Waals surface area contributed by atoms with Crippen LogP contribution in [0.5, 0.6) is 0 Å². The van der Waals surface area contributed by atoms with Crippen LogP contribution in [0.4, 0.5) is 0 Å². The second kappa shape index (κ2) is 11.6. The van der Waals surface area contributed by atoms with Crippen LogP contribution in [0.15, 0.2) is 197 Å². The Kier molecular flexibility index (Phi) is 5.71. The van der Waals surface area contributed by atoms with Gasteiger partial charge in [-0.25, -0.2) is 0 Å². The van der Waals surface area contributed by atoms with Gasteiger partial charge in [0.05, 0.1) is 83.0 Å². The maximum atomic E-state index is 2.52. The molecule has 0 bridgehead atoms. The minimum atomic E-state index is -0.442. The zero-order chi connectivity index (χ0) is 50.4. The molecule has 0 radical (unpaired) electrons. The summed E-state index contributed by atoms with van der Waals surface area (Å²) >= 11 is 0. The Balaban J connectivity index is 0.0000000819. The van der Waals surface area contributed by atoms with E-state index in [2.05, 4.69) is 276 Å². The van der Waals surface area contributed by atoms with Gasteiger partial charge in [-0.2, -0.15) is 27.4 Å². The molecule has 12 heteroatoms. The van der Waals surface area contributed by atoms with Crippen molar-refractivity contribution in [3.63, 3.8) is 0 Å². The van der Waals surface area contributed by atoms with Crippen LogP contribution >= 0.6 is 0 Å². The third-order valence-corrected chi connectivity index (χ3v) is 19.7. The van der Waals surface area contributed by atoms with E-state index >= 15 is 0 Å². The Labute approximate surface area is 443 Å². The summed E-state index contributed by atoms with van der Waals surface area (Å²) in [5.74, 6) is -1.33. The van der Waals surface area contributed by atoms with Crippen molar-refractivity contribution in [2.45, 2.75) is 38.5 Å². The second-order valence-electron chi connectivity index (χ2n) is 23.0. The first-order valence-corrected chi connectivity index (χ1v) is 27.2. The highest BCUT2D eigenvalue weighted by Gasteiger charge is 2.73. The average molecular weight is 1000 g/mol. The lowest BCUT2D eigenvalue weighted by Crippen LogP contribution is -2.69. The molecular formula is C66H42N12+6. The van der Waals surface area contributed by atoms with E-state index in [0.29, 0.717) is 0 Å². The van der Waals surface area contributed by atoms with Crippen LogP contribution in [0, 0.1) is 0 Å². The first-order valence-electron chi connectivity index (χ1n) is 27.2. The lowest BCUT2D eigenvalue weighted by atomic mass is 10.1. The average Bonchev–Trinajstić information content (AvgIpc) is 2.65. The van der Waals surface area contributed by atoms with Gasteiger partial charge in [0.1, 0.15) is 0 Å². The molecule has 0 saturated carbocycles. The Bertz CT molecular complexity index is 4960. The molecule has 0 aromatic carbocycles. The van der Waals surface area contributed by atoms with Crippen molar-refractivity contribution in [3.8, 4) is 0 Å². The minimum Gasteiger partial charge on any atom is -0.199 e. The molecule has 24 heterocycles. The second-order valence-corrected chi connectivity index (χ2v) is 23.0. The normalized spacial score (nSPS) is 26.9. The molecule has 12 nitrogen and oxygen atoms in total. The molecule has 0 N–H and O–H groups in total. The molecule has 3 unspecified atom stereocenters. The van der Waals surface area contributed by atoms with E-state index in [1.54, 1.807) is 0 Å². The molecule has 0 amide bonds. The van der Waals surface area contributed by atoms with Crippen LogP contribution in [0.2, 0.25) is 0 Å². The van der Waals surface area contributed by atoms with Gasteiger partial charge < -0.3 is 0 Å². The fourth-order valence-electron chi connectivity index (χ4n) is 17.0. The summed E-state index contributed by atoms with van der Waals surface area (Å²) < 4.78 is 30.1. The van der Waals surface area contributed by atoms with Gasteiger partial charge in [-0.3, -0.25) is 0 Å². The molecule has 18 aliphatic rings. The molecule has 3 spiro atoms. The maximum absolute atomic E-state index is 2.52. The molecule has 0 aliphatic carbocycles. The molecule has 6 aromatic heterocycles. The summed E-state index contributed by atoms with van der Waals surface area (Å²) in [5, 5.41) is 7.53. The number of hydrogen-bond acceptors (Lipinski definition) is 0. The number of hydrogen-bond donors (Lipinski definition) is 0. The van der Waals surface area contributed by atoms with Crippen LogP contribution < -0.4 is 32.1 Å². The van der Waals surface area contributed by atoms with Gasteiger partial charge in [0.15, 0.2) is 0 Å². The summed E-state index contributed by atoms with van der Waals surface area (Å²) in [7, 11) is 0. The summed E-state index contributed by atoms with van der Waals surface area (Å²) in [6.07, 6.45) is 47.9. The van der Waals surface area contributed by atoms with Crippen molar-refractivity contribution in [2.24, 2.45) is 0 Å². The molecule has 24 rings (SSSR count). The molecule has 0 saturated heterocycles. The number of aromatic nitrogens is 6. The Morgan fingerprint density at radius 3 is 0.821 bits per heavy atom. The van der Waals surface area contributed by atoms with Crippen molar-refractivity contribution in [2.75, 3.05) is 0 Å². The zero-order valence-corrected chi connectivity index (χ0v) is 42.4. The van der Waals surface area contributed by atoms with E-state index in [9.17, 15) is 0 Å². The maximum Gasteiger partial charge on any atom is 0.553 e. The molecular weight excluding hydrogens is 961 g/mol. The van der Waals surface area contributed by atoms with Gasteiger partial charge in [-0.15, -0.1) is 0 Å². The van der Waals surface area contributed by atoms with E-state index in [1.807, 2.05) is 0 Å². The van der Waals surface area contributed by atoms with Crippen molar-refractivity contribution >= 4 is 89.0 Å². The van der Waals surface area contributed by atoms with Crippen molar-refractivity contribution < 1.29 is 27.5 Å². The van der Waals surface area contributed by atoms with Gasteiger partial charge in [0.25, 0.3) is 0 Å². The monoisotopic (exact) mass is 1000 g/mol. The largest absolute Gasteiger partial charge is 0.553 e. The van der Waals surface area contributed by atoms with E-state index in [0.717, 1.165) is 0 Å². The van der Waals surface area contributed by atoms with Gasteiger partial charge >= 0.3 is 17.7 Å². The summed E-state index contributed by atoms with van der Waals surface area (Å²) in [4.78, 5) is 0. The summed E-state index contributed by atoms with van der Waals surface area (Å²) in [6.45, 7) is 6.72. The lowest BCUT2D eigenvalue weighted by Gasteiger charge is -2.38. The third kappa shape index (κ3) is 3.58. The van der Waals surface area contributed by atoms with Crippen molar-refractivity contribution in [3.05, 3.63) is 263 Å². The number of allylic oxidation sites excluding steroid dienone is 15. The fraction of sp³-hybridized carbons (Fsp3) is 0.0909. The van der Waals surface area contributed by atoms with E-state index in [1.165, 1.54) is 151 Å². The van der Waals surface area contributed by atoms with Crippen molar-refractivity contribution in [1.82, 2.24) is 27.4 Å². The Morgan fingerprint density at radius 2 is 0.526 bits per heavy atom. The van der Waals surface area contributed by atoms with E-state index in [4.69, 9.17) is 0 Å². The van der Waals surface area contributed by atoms with Crippen LogP contribution in [0.1, 0.15) is 54.9 Å². The highest BCUT2D eigenvalue weighted by molar-refractivity contribution is 6.19. The molecule has 3 atom stereocenters. The minimum absolute atomic E-state index is 0.442. The molecule has 360 valence electrons. The number of rotatable bonds is 0. The first kappa shape index (κ1) is 38.4. The Morgan fingerprint density at radius 1 is 0.256 bits per heavy atom. The quantitative estimate of drug-likeness (QED) is 0.211. The summed E-state index contributed by atoms with van der Waals surface area (Å²) in [5.41, 5.74) is 26.9. The van der Waals surface area contributed by atoms with Crippen LogP contribution in [-0.4, -0.2) is 89.1 Å². The fourth-order valence-corrected chi connectivity index (χ4v) is 17.0. The lowest BCUT2D eigenvalue weighted by molar-refractivity contribution is -0.837. The highest BCUT2D eigenvalue weighted by Crippen LogP contribution is 2.49. The molecule has 6 aromatic rings. The van der Waals surface area contributed by atoms with Gasteiger partial charge in [0.2, 0.25) is 68.5 Å². The van der Waals surface area contributed by atoms with Gasteiger partial charge in [-0.1, -0.05) is 27.5 Å². The third-order valence-electron chi connectivity index (χ3n) is 19.7. The standard InChI is InChI=1S/3C22H14N4/c3*1-13-20-8-6-18-11-16-4-2-14-10-15-3-5-17-12-19-7-9-21(13)26(19)22(23(14)16,24(15)17)25(18)20/h3*2-12H,1H3/q3*+2. The van der Waals surface area contributed by atoms with Gasteiger partial charge in [0, 0.05) is 109 Å².